The van der Waals surface area contributed by atoms with E-state index in [1.165, 1.54) is 7.11 Å². The molecule has 0 unspecified atom stereocenters. The van der Waals surface area contributed by atoms with Gasteiger partial charge >= 0.3 is 0 Å². The number of hydrogen-bond donors (Lipinski definition) is 3. The third-order valence-electron chi connectivity index (χ3n) is 5.02. The van der Waals surface area contributed by atoms with Gasteiger partial charge in [-0.25, -0.2) is 0 Å². The second-order valence-electron chi connectivity index (χ2n) is 7.52. The van der Waals surface area contributed by atoms with Crippen LogP contribution in [0.15, 0.2) is 60.7 Å². The fraction of sp³-hybridized carbons (Fsp3) is 0.208. The van der Waals surface area contributed by atoms with Crippen molar-refractivity contribution in [3.05, 3.63) is 66.2 Å². The predicted octanol–water partition coefficient (Wildman–Crippen LogP) is 4.03. The molecule has 0 radical (unpaired) electrons. The second-order valence-corrected chi connectivity index (χ2v) is 7.52. The van der Waals surface area contributed by atoms with E-state index in [0.29, 0.717) is 22.6 Å². The largest absolute Gasteiger partial charge is 0.375 e. The molecule has 158 valence electrons. The molecular formula is C24H23N3O4. The Balaban J connectivity index is 1.59. The molecule has 3 N–H and O–H groups in total. The number of rotatable bonds is 7. The van der Waals surface area contributed by atoms with Gasteiger partial charge < -0.3 is 20.7 Å². The van der Waals surface area contributed by atoms with Gasteiger partial charge in [-0.3, -0.25) is 14.4 Å². The van der Waals surface area contributed by atoms with Crippen LogP contribution in [0.2, 0.25) is 0 Å². The van der Waals surface area contributed by atoms with Gasteiger partial charge in [-0.1, -0.05) is 30.3 Å². The maximum atomic E-state index is 13.1. The van der Waals surface area contributed by atoms with Crippen LogP contribution in [-0.2, 0) is 14.3 Å². The van der Waals surface area contributed by atoms with Gasteiger partial charge in [-0.2, -0.15) is 0 Å². The first-order chi connectivity index (χ1) is 15.0. The maximum absolute atomic E-state index is 13.1. The van der Waals surface area contributed by atoms with Gasteiger partial charge in [0, 0.05) is 24.4 Å². The topological polar surface area (TPSA) is 96.5 Å². The zero-order chi connectivity index (χ0) is 21.8. The van der Waals surface area contributed by atoms with Crippen LogP contribution < -0.4 is 16.0 Å². The van der Waals surface area contributed by atoms with Crippen molar-refractivity contribution in [3.63, 3.8) is 0 Å². The van der Waals surface area contributed by atoms with E-state index in [1.807, 2.05) is 30.3 Å². The molecule has 7 nitrogen and oxygen atoms in total. The Morgan fingerprint density at radius 1 is 0.871 bits per heavy atom. The van der Waals surface area contributed by atoms with Gasteiger partial charge in [0.15, 0.2) is 0 Å². The van der Waals surface area contributed by atoms with E-state index >= 15 is 0 Å². The van der Waals surface area contributed by atoms with Crippen molar-refractivity contribution in [3.8, 4) is 0 Å². The number of methoxy groups -OCH3 is 1. The lowest BCUT2D eigenvalue weighted by molar-refractivity contribution is -0.119. The van der Waals surface area contributed by atoms with Gasteiger partial charge in [-0.15, -0.1) is 0 Å². The molecule has 0 saturated heterocycles. The van der Waals surface area contributed by atoms with Crippen LogP contribution in [0.5, 0.6) is 0 Å². The summed E-state index contributed by atoms with van der Waals surface area (Å²) in [6.45, 7) is -0.0578. The summed E-state index contributed by atoms with van der Waals surface area (Å²) in [7, 11) is 1.44. The molecule has 31 heavy (non-hydrogen) atoms. The summed E-state index contributed by atoms with van der Waals surface area (Å²) < 4.78 is 4.81. The Kier molecular flexibility index (Phi) is 5.95. The van der Waals surface area contributed by atoms with E-state index in [2.05, 4.69) is 16.0 Å². The van der Waals surface area contributed by atoms with Crippen LogP contribution in [0.4, 0.5) is 17.1 Å². The second kappa shape index (κ2) is 8.97. The highest BCUT2D eigenvalue weighted by molar-refractivity contribution is 6.13. The van der Waals surface area contributed by atoms with Gasteiger partial charge in [0.05, 0.1) is 11.3 Å². The molecule has 0 spiro atoms. The summed E-state index contributed by atoms with van der Waals surface area (Å²) in [5.41, 5.74) is 1.92. The molecule has 1 fully saturated rings. The van der Waals surface area contributed by atoms with E-state index in [9.17, 15) is 14.4 Å². The average Bonchev–Trinajstić information content (AvgIpc) is 3.59. The van der Waals surface area contributed by atoms with Crippen LogP contribution in [0.25, 0.3) is 10.8 Å². The first kappa shape index (κ1) is 20.6. The number of hydrogen-bond acceptors (Lipinski definition) is 4. The molecule has 3 amide bonds. The van der Waals surface area contributed by atoms with Crippen molar-refractivity contribution in [2.24, 2.45) is 5.92 Å². The Labute approximate surface area is 179 Å². The van der Waals surface area contributed by atoms with Crippen molar-refractivity contribution < 1.29 is 19.1 Å². The van der Waals surface area contributed by atoms with E-state index in [1.54, 1.807) is 30.3 Å². The average molecular weight is 417 g/mol. The Hall–Kier alpha value is -3.71. The zero-order valence-electron chi connectivity index (χ0n) is 17.1. The Morgan fingerprint density at radius 3 is 2.23 bits per heavy atom. The molecule has 7 heteroatoms. The lowest BCUT2D eigenvalue weighted by Crippen LogP contribution is -2.19. The number of nitrogens with one attached hydrogen (secondary N) is 3. The molecule has 0 atom stereocenters. The molecule has 0 aromatic heterocycles. The van der Waals surface area contributed by atoms with E-state index in [4.69, 9.17) is 4.74 Å². The van der Waals surface area contributed by atoms with Crippen molar-refractivity contribution >= 4 is 45.6 Å². The highest BCUT2D eigenvalue weighted by atomic mass is 16.5. The molecule has 3 aromatic carbocycles. The minimum Gasteiger partial charge on any atom is -0.375 e. The predicted molar refractivity (Wildman–Crippen MR) is 120 cm³/mol. The Morgan fingerprint density at radius 2 is 1.55 bits per heavy atom. The quantitative estimate of drug-likeness (QED) is 0.541. The van der Waals surface area contributed by atoms with Crippen LogP contribution in [0.1, 0.15) is 23.2 Å². The van der Waals surface area contributed by atoms with Gasteiger partial charge in [-0.05, 0) is 53.9 Å². The molecular weight excluding hydrogens is 394 g/mol. The van der Waals surface area contributed by atoms with Gasteiger partial charge in [0.1, 0.15) is 6.61 Å². The fourth-order valence-corrected chi connectivity index (χ4v) is 3.31. The van der Waals surface area contributed by atoms with Gasteiger partial charge in [0.25, 0.3) is 5.91 Å². The summed E-state index contributed by atoms with van der Waals surface area (Å²) in [4.78, 5) is 37.2. The van der Waals surface area contributed by atoms with Crippen molar-refractivity contribution in [2.75, 3.05) is 29.7 Å². The number of carbonyl (C=O) groups excluding carboxylic acids is 3. The summed E-state index contributed by atoms with van der Waals surface area (Å²) >= 11 is 0. The minimum absolute atomic E-state index is 0.0229. The molecule has 1 aliphatic rings. The third kappa shape index (κ3) is 5.07. The number of anilines is 3. The number of amides is 3. The highest BCUT2D eigenvalue weighted by Gasteiger charge is 2.30. The normalized spacial score (nSPS) is 12.9. The summed E-state index contributed by atoms with van der Waals surface area (Å²) in [6.07, 6.45) is 1.76. The van der Waals surface area contributed by atoms with Crippen molar-refractivity contribution in [1.82, 2.24) is 0 Å². The standard InChI is InChI=1S/C24H23N3O4/c1-31-14-22(28)25-18-7-4-8-19(13-18)26-24(30)20-11-16-5-2-3-6-17(16)12-21(20)27-23(29)15-9-10-15/h2-8,11-13,15H,9-10,14H2,1H3,(H,25,28)(H,26,30)(H,27,29). The van der Waals surface area contributed by atoms with E-state index in [0.717, 1.165) is 23.6 Å². The first-order valence-electron chi connectivity index (χ1n) is 10.1. The number of fused-ring (bicyclic) bond motifs is 1. The minimum atomic E-state index is -0.350. The number of benzene rings is 3. The van der Waals surface area contributed by atoms with Crippen molar-refractivity contribution in [2.45, 2.75) is 12.8 Å². The summed E-state index contributed by atoms with van der Waals surface area (Å²) in [5.74, 6) is -0.676. The fourth-order valence-electron chi connectivity index (χ4n) is 3.31. The lowest BCUT2D eigenvalue weighted by atomic mass is 10.0. The molecule has 0 aliphatic heterocycles. The Bertz CT molecular complexity index is 1150. The maximum Gasteiger partial charge on any atom is 0.257 e. The summed E-state index contributed by atoms with van der Waals surface area (Å²) in [6, 6.07) is 18.1. The molecule has 1 aliphatic carbocycles. The third-order valence-corrected chi connectivity index (χ3v) is 5.02. The van der Waals surface area contributed by atoms with Crippen LogP contribution in [0, 0.1) is 5.92 Å². The van der Waals surface area contributed by atoms with E-state index in [-0.39, 0.29) is 30.2 Å². The van der Waals surface area contributed by atoms with Gasteiger partial charge in [0.2, 0.25) is 11.8 Å². The molecule has 4 rings (SSSR count). The SMILES string of the molecule is COCC(=O)Nc1cccc(NC(=O)c2cc3ccccc3cc2NC(=O)C2CC2)c1. The summed E-state index contributed by atoms with van der Waals surface area (Å²) in [5, 5.41) is 10.3. The molecule has 0 bridgehead atoms. The highest BCUT2D eigenvalue weighted by Crippen LogP contribution is 2.32. The lowest BCUT2D eigenvalue weighted by Gasteiger charge is -2.14. The first-order valence-corrected chi connectivity index (χ1v) is 10.1. The monoisotopic (exact) mass is 417 g/mol. The molecule has 0 heterocycles. The van der Waals surface area contributed by atoms with Crippen molar-refractivity contribution in [1.29, 1.82) is 0 Å². The molecule has 1 saturated carbocycles. The number of carbonyl (C=O) groups is 3. The van der Waals surface area contributed by atoms with Crippen LogP contribution >= 0.6 is 0 Å². The van der Waals surface area contributed by atoms with Crippen LogP contribution in [0.3, 0.4) is 0 Å². The van der Waals surface area contributed by atoms with E-state index < -0.39 is 0 Å². The molecule has 3 aromatic rings. The zero-order valence-corrected chi connectivity index (χ0v) is 17.1. The smallest absolute Gasteiger partial charge is 0.257 e. The van der Waals surface area contributed by atoms with Crippen LogP contribution in [-0.4, -0.2) is 31.4 Å². The number of ether oxygens (including phenoxy) is 1.